The van der Waals surface area contributed by atoms with E-state index in [0.717, 1.165) is 30.6 Å². The standard InChI is InChI=1S/C16H26N2O3/c1-16(2,15(17)18-20)10-5-6-12-21-14-8-4-3-7-13(14)9-11-19/h3-4,7-8,19-20H,5-6,9-12H2,1-2H3,(H2,17,18). The maximum Gasteiger partial charge on any atom is 0.144 e. The number of hydrogen-bond acceptors (Lipinski definition) is 4. The first kappa shape index (κ1) is 17.3. The molecule has 0 atom stereocenters. The van der Waals surface area contributed by atoms with E-state index in [9.17, 15) is 0 Å². The van der Waals surface area contributed by atoms with Gasteiger partial charge in [0.05, 0.1) is 6.61 Å². The number of para-hydroxylation sites is 1. The highest BCUT2D eigenvalue weighted by atomic mass is 16.5. The van der Waals surface area contributed by atoms with Gasteiger partial charge in [-0.25, -0.2) is 0 Å². The maximum absolute atomic E-state index is 9.02. The van der Waals surface area contributed by atoms with Crippen LogP contribution in [0.2, 0.25) is 0 Å². The summed E-state index contributed by atoms with van der Waals surface area (Å²) in [6, 6.07) is 7.76. The van der Waals surface area contributed by atoms with Crippen molar-refractivity contribution in [3.8, 4) is 5.75 Å². The molecule has 0 unspecified atom stereocenters. The lowest BCUT2D eigenvalue weighted by molar-refractivity contribution is 0.278. The molecule has 0 saturated carbocycles. The number of oxime groups is 1. The second kappa shape index (κ2) is 8.52. The smallest absolute Gasteiger partial charge is 0.144 e. The quantitative estimate of drug-likeness (QED) is 0.215. The molecule has 1 rings (SSSR count). The Morgan fingerprint density at radius 2 is 2.00 bits per heavy atom. The van der Waals surface area contributed by atoms with E-state index < -0.39 is 0 Å². The van der Waals surface area contributed by atoms with Gasteiger partial charge in [-0.3, -0.25) is 0 Å². The van der Waals surface area contributed by atoms with Crippen molar-refractivity contribution >= 4 is 5.84 Å². The van der Waals surface area contributed by atoms with Crippen LogP contribution in [0.25, 0.3) is 0 Å². The SMILES string of the molecule is CC(C)(CCCCOc1ccccc1CCO)/C(N)=N/O. The van der Waals surface area contributed by atoms with Gasteiger partial charge < -0.3 is 20.8 Å². The number of aliphatic hydroxyl groups is 1. The average molecular weight is 294 g/mol. The zero-order valence-electron chi connectivity index (χ0n) is 12.9. The van der Waals surface area contributed by atoms with E-state index in [-0.39, 0.29) is 17.9 Å². The minimum atomic E-state index is -0.302. The van der Waals surface area contributed by atoms with Gasteiger partial charge in [0, 0.05) is 12.0 Å². The van der Waals surface area contributed by atoms with Gasteiger partial charge >= 0.3 is 0 Å². The fraction of sp³-hybridized carbons (Fsp3) is 0.562. The maximum atomic E-state index is 9.02. The van der Waals surface area contributed by atoms with Crippen LogP contribution in [0.5, 0.6) is 5.75 Å². The lowest BCUT2D eigenvalue weighted by Crippen LogP contribution is -2.31. The largest absolute Gasteiger partial charge is 0.493 e. The molecule has 118 valence electrons. The molecule has 0 aromatic heterocycles. The fourth-order valence-corrected chi connectivity index (χ4v) is 2.09. The van der Waals surface area contributed by atoms with E-state index in [1.54, 1.807) is 0 Å². The molecule has 5 nitrogen and oxygen atoms in total. The van der Waals surface area contributed by atoms with Crippen molar-refractivity contribution in [3.05, 3.63) is 29.8 Å². The molecule has 0 saturated heterocycles. The normalized spacial score (nSPS) is 12.4. The highest BCUT2D eigenvalue weighted by Gasteiger charge is 2.22. The van der Waals surface area contributed by atoms with Gasteiger partial charge in [0.25, 0.3) is 0 Å². The molecule has 0 bridgehead atoms. The Labute approximate surface area is 126 Å². The third-order valence-electron chi connectivity index (χ3n) is 3.61. The van der Waals surface area contributed by atoms with Crippen molar-refractivity contribution in [2.24, 2.45) is 16.3 Å². The van der Waals surface area contributed by atoms with Crippen molar-refractivity contribution in [1.29, 1.82) is 0 Å². The molecule has 0 aliphatic carbocycles. The first-order valence-electron chi connectivity index (χ1n) is 7.31. The number of rotatable bonds is 9. The molecule has 1 aromatic rings. The summed E-state index contributed by atoms with van der Waals surface area (Å²) in [6.45, 7) is 4.65. The number of nitrogens with zero attached hydrogens (tertiary/aromatic N) is 1. The number of unbranched alkanes of at least 4 members (excludes halogenated alkanes) is 1. The van der Waals surface area contributed by atoms with Crippen LogP contribution in [0, 0.1) is 5.41 Å². The molecular formula is C16H26N2O3. The van der Waals surface area contributed by atoms with Crippen LogP contribution in [0.1, 0.15) is 38.7 Å². The molecule has 5 heteroatoms. The van der Waals surface area contributed by atoms with Gasteiger partial charge in [0.2, 0.25) is 0 Å². The lowest BCUT2D eigenvalue weighted by Gasteiger charge is -2.22. The molecule has 0 spiro atoms. The van der Waals surface area contributed by atoms with Gasteiger partial charge in [0.15, 0.2) is 0 Å². The summed E-state index contributed by atoms with van der Waals surface area (Å²) in [6.07, 6.45) is 3.28. The molecule has 0 aliphatic heterocycles. The Balaban J connectivity index is 2.35. The highest BCUT2D eigenvalue weighted by Crippen LogP contribution is 2.24. The minimum Gasteiger partial charge on any atom is -0.493 e. The van der Waals surface area contributed by atoms with Crippen LogP contribution in [-0.4, -0.2) is 29.4 Å². The van der Waals surface area contributed by atoms with Crippen molar-refractivity contribution < 1.29 is 15.1 Å². The second-order valence-corrected chi connectivity index (χ2v) is 5.76. The average Bonchev–Trinajstić information content (AvgIpc) is 2.47. The van der Waals surface area contributed by atoms with Crippen molar-refractivity contribution in [2.75, 3.05) is 13.2 Å². The Hall–Kier alpha value is -1.75. The molecule has 21 heavy (non-hydrogen) atoms. The van der Waals surface area contributed by atoms with Crippen molar-refractivity contribution in [1.82, 2.24) is 0 Å². The molecular weight excluding hydrogens is 268 g/mol. The molecule has 0 radical (unpaired) electrons. The van der Waals surface area contributed by atoms with E-state index >= 15 is 0 Å². The third-order valence-corrected chi connectivity index (χ3v) is 3.61. The highest BCUT2D eigenvalue weighted by molar-refractivity contribution is 5.85. The third kappa shape index (κ3) is 5.63. The first-order valence-corrected chi connectivity index (χ1v) is 7.31. The molecule has 0 amide bonds. The summed E-state index contributed by atoms with van der Waals surface area (Å²) < 4.78 is 5.77. The number of aliphatic hydroxyl groups excluding tert-OH is 1. The molecule has 0 heterocycles. The zero-order valence-corrected chi connectivity index (χ0v) is 12.9. The van der Waals surface area contributed by atoms with Crippen LogP contribution in [0.4, 0.5) is 0 Å². The lowest BCUT2D eigenvalue weighted by atomic mass is 9.86. The van der Waals surface area contributed by atoms with Crippen LogP contribution in [-0.2, 0) is 6.42 Å². The van der Waals surface area contributed by atoms with Gasteiger partial charge in [-0.05, 0) is 37.3 Å². The summed E-state index contributed by atoms with van der Waals surface area (Å²) in [5.74, 6) is 1.10. The number of ether oxygens (including phenoxy) is 1. The number of nitrogens with two attached hydrogens (primary N) is 1. The van der Waals surface area contributed by atoms with Gasteiger partial charge in [-0.15, -0.1) is 0 Å². The predicted octanol–water partition coefficient (Wildman–Crippen LogP) is 2.54. The molecule has 0 aliphatic rings. The van der Waals surface area contributed by atoms with E-state index in [0.29, 0.717) is 13.0 Å². The van der Waals surface area contributed by atoms with Crippen molar-refractivity contribution in [3.63, 3.8) is 0 Å². The van der Waals surface area contributed by atoms with E-state index in [1.165, 1.54) is 0 Å². The predicted molar refractivity (Wildman–Crippen MR) is 83.8 cm³/mol. The monoisotopic (exact) mass is 294 g/mol. The topological polar surface area (TPSA) is 88.1 Å². The minimum absolute atomic E-state index is 0.119. The van der Waals surface area contributed by atoms with E-state index in [1.807, 2.05) is 38.1 Å². The molecule has 4 N–H and O–H groups in total. The van der Waals surface area contributed by atoms with Crippen LogP contribution in [0.15, 0.2) is 29.4 Å². The summed E-state index contributed by atoms with van der Waals surface area (Å²) >= 11 is 0. The summed E-state index contributed by atoms with van der Waals surface area (Å²) in [4.78, 5) is 0. The Bertz CT molecular complexity index is 459. The van der Waals surface area contributed by atoms with E-state index in [4.69, 9.17) is 20.8 Å². The fourth-order valence-electron chi connectivity index (χ4n) is 2.09. The van der Waals surface area contributed by atoms with E-state index in [2.05, 4.69) is 5.16 Å². The van der Waals surface area contributed by atoms with Gasteiger partial charge in [0.1, 0.15) is 11.6 Å². The second-order valence-electron chi connectivity index (χ2n) is 5.76. The van der Waals surface area contributed by atoms with Crippen LogP contribution in [0.3, 0.4) is 0 Å². The summed E-state index contributed by atoms with van der Waals surface area (Å²) in [5, 5.41) is 20.8. The number of hydrogen-bond donors (Lipinski definition) is 3. The van der Waals surface area contributed by atoms with Crippen LogP contribution >= 0.6 is 0 Å². The van der Waals surface area contributed by atoms with Gasteiger partial charge in [-0.1, -0.05) is 37.2 Å². The summed E-state index contributed by atoms with van der Waals surface area (Å²) in [5.41, 5.74) is 6.38. The Morgan fingerprint density at radius 1 is 1.29 bits per heavy atom. The Morgan fingerprint density at radius 3 is 2.67 bits per heavy atom. The number of benzene rings is 1. The number of amidine groups is 1. The summed E-state index contributed by atoms with van der Waals surface area (Å²) in [7, 11) is 0. The molecule has 0 fully saturated rings. The zero-order chi connectivity index (χ0) is 15.7. The molecule has 1 aromatic carbocycles. The first-order chi connectivity index (χ1) is 10.0. The van der Waals surface area contributed by atoms with Crippen molar-refractivity contribution in [2.45, 2.75) is 39.5 Å². The Kier molecular flexibility index (Phi) is 7.02. The van der Waals surface area contributed by atoms with Crippen LogP contribution < -0.4 is 10.5 Å². The van der Waals surface area contributed by atoms with Gasteiger partial charge in [-0.2, -0.15) is 0 Å².